The molecule has 10 nitrogen and oxygen atoms in total. The molecule has 0 aromatic rings. The van der Waals surface area contributed by atoms with Crippen molar-refractivity contribution in [3.63, 3.8) is 0 Å². The number of hydrogen-bond acceptors (Lipinski definition) is 8. The van der Waals surface area contributed by atoms with Crippen LogP contribution in [0.1, 0.15) is 19.3 Å². The zero-order valence-electron chi connectivity index (χ0n) is 12.3. The van der Waals surface area contributed by atoms with Gasteiger partial charge in [-0.25, -0.2) is 9.57 Å². The summed E-state index contributed by atoms with van der Waals surface area (Å²) in [7, 11) is 1.57. The van der Waals surface area contributed by atoms with E-state index in [4.69, 9.17) is 11.5 Å². The summed E-state index contributed by atoms with van der Waals surface area (Å²) >= 11 is 0. The minimum absolute atomic E-state index is 0.106. The van der Waals surface area contributed by atoms with Crippen LogP contribution < -0.4 is 27.4 Å². The van der Waals surface area contributed by atoms with Crippen molar-refractivity contribution in [2.45, 2.75) is 42.8 Å². The number of nitrogens with two attached hydrogens (primary N) is 2. The molecular weight excluding hydrogens is 290 g/mol. The van der Waals surface area contributed by atoms with Gasteiger partial charge in [0.2, 0.25) is 17.4 Å². The summed E-state index contributed by atoms with van der Waals surface area (Å²) < 4.78 is 1.65. The highest BCUT2D eigenvalue weighted by Gasteiger charge is 2.71. The van der Waals surface area contributed by atoms with Gasteiger partial charge in [0, 0.05) is 19.9 Å². The predicted octanol–water partition coefficient (Wildman–Crippen LogP) is -4.12. The number of carbonyl (C=O) groups is 1. The number of aliphatic imine (C=N–C) groups is 1. The Balaban J connectivity index is 1.96. The molecule has 0 aromatic heterocycles. The fourth-order valence-corrected chi connectivity index (χ4v) is 3.64. The van der Waals surface area contributed by atoms with Crippen LogP contribution in [-0.4, -0.2) is 69.7 Å². The molecule has 0 aromatic carbocycles. The lowest BCUT2D eigenvalue weighted by molar-refractivity contribution is -0.623. The van der Waals surface area contributed by atoms with Gasteiger partial charge in [-0.2, -0.15) is 0 Å². The molecule has 3 aliphatic rings. The highest BCUT2D eigenvalue weighted by molar-refractivity contribution is 5.83. The Bertz CT molecular complexity index is 573. The van der Waals surface area contributed by atoms with E-state index in [1.807, 2.05) is 0 Å². The second-order valence-corrected chi connectivity index (χ2v) is 5.92. The normalized spacial score (nSPS) is 35.1. The standard InChI is InChI=1S/C12H21N7O3/c1-15-7(20)3-2-6-8-12(18-9(13)17-8)11(21,22)4-5-19(12)10(14)16-6/h6,8,21-22H,2-5H2,1H3,(H6,13,14,15,16,17,18,20)/p+1/t6-,8-,12-/m0/s1. The van der Waals surface area contributed by atoms with Crippen LogP contribution >= 0.6 is 0 Å². The topological polar surface area (TPSA) is 161 Å². The SMILES string of the molecule is CNC(=O)CC[C@@H]1NC(N)=[N+]2CCC(O)(O)[C@@]23NC(N)=N[C@@H]13. The Morgan fingerprint density at radius 3 is 2.95 bits per heavy atom. The van der Waals surface area contributed by atoms with Crippen molar-refractivity contribution >= 4 is 17.8 Å². The van der Waals surface area contributed by atoms with Crippen LogP contribution in [0.5, 0.6) is 0 Å². The Hall–Kier alpha value is -2.07. The summed E-state index contributed by atoms with van der Waals surface area (Å²) in [6, 6.07) is -0.902. The third-order valence-electron chi connectivity index (χ3n) is 4.71. The van der Waals surface area contributed by atoms with E-state index in [-0.39, 0.29) is 30.8 Å². The van der Waals surface area contributed by atoms with E-state index in [2.05, 4.69) is 20.9 Å². The molecule has 22 heavy (non-hydrogen) atoms. The molecule has 1 spiro atoms. The van der Waals surface area contributed by atoms with Crippen molar-refractivity contribution < 1.29 is 19.6 Å². The number of nitrogens with one attached hydrogen (secondary N) is 3. The molecule has 1 fully saturated rings. The van der Waals surface area contributed by atoms with E-state index in [1.165, 1.54) is 0 Å². The van der Waals surface area contributed by atoms with Crippen molar-refractivity contribution in [2.24, 2.45) is 16.5 Å². The Morgan fingerprint density at radius 2 is 2.27 bits per heavy atom. The minimum atomic E-state index is -2.03. The van der Waals surface area contributed by atoms with Crippen molar-refractivity contribution in [1.29, 1.82) is 0 Å². The Labute approximate surface area is 127 Å². The van der Waals surface area contributed by atoms with Gasteiger partial charge < -0.3 is 26.6 Å². The quantitative estimate of drug-likeness (QED) is 0.206. The van der Waals surface area contributed by atoms with E-state index in [0.29, 0.717) is 18.9 Å². The zero-order valence-corrected chi connectivity index (χ0v) is 12.3. The Morgan fingerprint density at radius 1 is 1.55 bits per heavy atom. The number of hydrogen-bond donors (Lipinski definition) is 7. The molecule has 122 valence electrons. The van der Waals surface area contributed by atoms with Gasteiger partial charge in [0.15, 0.2) is 5.96 Å². The van der Waals surface area contributed by atoms with Crippen LogP contribution in [0.4, 0.5) is 0 Å². The number of rotatable bonds is 3. The van der Waals surface area contributed by atoms with Crippen molar-refractivity contribution in [3.05, 3.63) is 0 Å². The third kappa shape index (κ3) is 1.83. The molecule has 0 aliphatic carbocycles. The number of carbonyl (C=O) groups excluding carboxylic acids is 1. The van der Waals surface area contributed by atoms with Gasteiger partial charge in [-0.15, -0.1) is 0 Å². The first-order valence-corrected chi connectivity index (χ1v) is 7.25. The molecule has 0 radical (unpaired) electrons. The van der Waals surface area contributed by atoms with E-state index in [1.54, 1.807) is 11.6 Å². The second kappa shape index (κ2) is 4.71. The first-order valence-electron chi connectivity index (χ1n) is 7.25. The molecular formula is C12H22N7O3+. The number of nitrogens with zero attached hydrogens (tertiary/aromatic N) is 2. The van der Waals surface area contributed by atoms with E-state index in [9.17, 15) is 15.0 Å². The maximum Gasteiger partial charge on any atom is 0.345 e. The smallest absolute Gasteiger partial charge is 0.345 e. The van der Waals surface area contributed by atoms with Gasteiger partial charge >= 0.3 is 5.96 Å². The molecule has 3 aliphatic heterocycles. The summed E-state index contributed by atoms with van der Waals surface area (Å²) in [5, 5.41) is 29.5. The van der Waals surface area contributed by atoms with Gasteiger partial charge in [0.05, 0.1) is 6.54 Å². The second-order valence-electron chi connectivity index (χ2n) is 5.92. The highest BCUT2D eigenvalue weighted by atomic mass is 16.5. The molecule has 1 saturated heterocycles. The van der Waals surface area contributed by atoms with E-state index >= 15 is 0 Å². The summed E-state index contributed by atoms with van der Waals surface area (Å²) in [6.07, 6.45) is 0.826. The van der Waals surface area contributed by atoms with Crippen LogP contribution in [0.3, 0.4) is 0 Å². The predicted molar refractivity (Wildman–Crippen MR) is 77.6 cm³/mol. The molecule has 3 rings (SSSR count). The molecule has 3 atom stereocenters. The molecule has 1 amide bonds. The van der Waals surface area contributed by atoms with Gasteiger partial charge in [-0.05, 0) is 6.42 Å². The lowest BCUT2D eigenvalue weighted by Crippen LogP contribution is -2.77. The summed E-state index contributed by atoms with van der Waals surface area (Å²) in [4.78, 5) is 15.8. The molecule has 0 saturated carbocycles. The fraction of sp³-hybridized carbons (Fsp3) is 0.750. The van der Waals surface area contributed by atoms with Crippen LogP contribution in [0, 0.1) is 0 Å². The Kier molecular flexibility index (Phi) is 3.18. The van der Waals surface area contributed by atoms with Crippen molar-refractivity contribution in [3.8, 4) is 0 Å². The minimum Gasteiger partial charge on any atom is -0.370 e. The van der Waals surface area contributed by atoms with E-state index < -0.39 is 17.5 Å². The third-order valence-corrected chi connectivity index (χ3v) is 4.71. The zero-order chi connectivity index (χ0) is 16.1. The molecule has 0 bridgehead atoms. The van der Waals surface area contributed by atoms with Gasteiger partial charge in [-0.3, -0.25) is 15.8 Å². The van der Waals surface area contributed by atoms with Gasteiger partial charge in [0.1, 0.15) is 12.1 Å². The van der Waals surface area contributed by atoms with Crippen LogP contribution in [0.15, 0.2) is 4.99 Å². The van der Waals surface area contributed by atoms with Crippen LogP contribution in [0.2, 0.25) is 0 Å². The molecule has 9 N–H and O–H groups in total. The largest absolute Gasteiger partial charge is 0.370 e. The average molecular weight is 312 g/mol. The van der Waals surface area contributed by atoms with Crippen molar-refractivity contribution in [2.75, 3.05) is 13.6 Å². The molecule has 10 heteroatoms. The molecule has 0 unspecified atom stereocenters. The number of amides is 1. The lowest BCUT2D eigenvalue weighted by Gasteiger charge is -2.43. The van der Waals surface area contributed by atoms with Crippen LogP contribution in [-0.2, 0) is 4.79 Å². The lowest BCUT2D eigenvalue weighted by atomic mass is 9.85. The van der Waals surface area contributed by atoms with E-state index in [0.717, 1.165) is 0 Å². The maximum absolute atomic E-state index is 11.5. The first-order chi connectivity index (χ1) is 10.3. The molecule has 3 heterocycles. The fourth-order valence-electron chi connectivity index (χ4n) is 3.64. The van der Waals surface area contributed by atoms with Gasteiger partial charge in [-0.1, -0.05) is 0 Å². The summed E-state index contributed by atoms with van der Waals surface area (Å²) in [6.45, 7) is 0.361. The average Bonchev–Trinajstić information content (AvgIpc) is 2.94. The number of aliphatic hydroxyl groups is 2. The maximum atomic E-state index is 11.5. The van der Waals surface area contributed by atoms with Gasteiger partial charge in [0.25, 0.3) is 0 Å². The van der Waals surface area contributed by atoms with Crippen molar-refractivity contribution in [1.82, 2.24) is 16.0 Å². The highest BCUT2D eigenvalue weighted by Crippen LogP contribution is 2.41. The summed E-state index contributed by atoms with van der Waals surface area (Å²) in [5.41, 5.74) is 10.5. The summed E-state index contributed by atoms with van der Waals surface area (Å²) in [5.74, 6) is -1.68. The monoisotopic (exact) mass is 312 g/mol. The first kappa shape index (κ1) is 14.9. The van der Waals surface area contributed by atoms with Crippen LogP contribution in [0.25, 0.3) is 0 Å². The number of guanidine groups is 2.